The van der Waals surface area contributed by atoms with Gasteiger partial charge >= 0.3 is 5.97 Å². The molecule has 3 aromatic carbocycles. The third-order valence-corrected chi connectivity index (χ3v) is 7.97. The summed E-state index contributed by atoms with van der Waals surface area (Å²) < 4.78 is 28.2. The number of rotatable bonds is 8. The van der Waals surface area contributed by atoms with Gasteiger partial charge in [0.2, 0.25) is 0 Å². The Labute approximate surface area is 265 Å². The van der Waals surface area contributed by atoms with Crippen molar-refractivity contribution in [1.82, 2.24) is 25.2 Å². The number of phenols is 1. The number of carboxylic acid groups (broad SMARTS) is 1. The second-order valence-electron chi connectivity index (χ2n) is 10.9. The van der Waals surface area contributed by atoms with Crippen LogP contribution in [0, 0.1) is 18.6 Å². The van der Waals surface area contributed by atoms with E-state index in [0.717, 1.165) is 27.8 Å². The molecule has 6 rings (SSSR count). The van der Waals surface area contributed by atoms with Crippen LogP contribution in [0.3, 0.4) is 0 Å². The molecule has 0 fully saturated rings. The third kappa shape index (κ3) is 6.08. The van der Waals surface area contributed by atoms with Crippen LogP contribution in [0.15, 0.2) is 66.9 Å². The molecular formula is C33H26F2N6O6. The van der Waals surface area contributed by atoms with Crippen molar-refractivity contribution in [2.75, 3.05) is 5.32 Å². The Morgan fingerprint density at radius 3 is 2.43 bits per heavy atom. The van der Waals surface area contributed by atoms with Crippen molar-refractivity contribution < 1.29 is 38.2 Å². The Balaban J connectivity index is 1.33. The number of hydrogen-bond acceptors (Lipinski definition) is 7. The van der Waals surface area contributed by atoms with Crippen molar-refractivity contribution >= 4 is 35.0 Å². The molecule has 0 saturated heterocycles. The van der Waals surface area contributed by atoms with Gasteiger partial charge in [-0.25, -0.2) is 23.1 Å². The molecule has 0 spiro atoms. The number of phenolic OH excluding ortho intramolecular Hbond substituents is 1. The van der Waals surface area contributed by atoms with Crippen LogP contribution >= 0.6 is 0 Å². The topological polar surface area (TPSA) is 175 Å². The number of carboxylic acids is 1. The maximum Gasteiger partial charge on any atom is 0.335 e. The SMILES string of the molecule is Cc1c(C(=O)O)ccc2c1CC[C@@H]2NC(=O)c1cc(C(=O)NCc2ccc(F)c(F)c2)nc2c(C(=O)Nc3ccc(O)cc3)cnn12. The summed E-state index contributed by atoms with van der Waals surface area (Å²) in [7, 11) is 0. The summed E-state index contributed by atoms with van der Waals surface area (Å²) in [6.45, 7) is 1.53. The van der Waals surface area contributed by atoms with Gasteiger partial charge in [-0.3, -0.25) is 14.4 Å². The van der Waals surface area contributed by atoms with Gasteiger partial charge in [0.1, 0.15) is 22.7 Å². The van der Waals surface area contributed by atoms with Gasteiger partial charge in [0.15, 0.2) is 17.3 Å². The second-order valence-corrected chi connectivity index (χ2v) is 10.9. The first-order valence-corrected chi connectivity index (χ1v) is 14.4. The lowest BCUT2D eigenvalue weighted by Crippen LogP contribution is -2.31. The van der Waals surface area contributed by atoms with E-state index in [0.29, 0.717) is 24.1 Å². The number of aromatic nitrogens is 3. The van der Waals surface area contributed by atoms with Crippen LogP contribution in [0.25, 0.3) is 5.65 Å². The minimum absolute atomic E-state index is 0.00212. The number of anilines is 1. The molecule has 238 valence electrons. The number of nitrogens with zero attached hydrogens (tertiary/aromatic N) is 3. The highest BCUT2D eigenvalue weighted by molar-refractivity contribution is 6.09. The third-order valence-electron chi connectivity index (χ3n) is 7.97. The Bertz CT molecular complexity index is 2100. The van der Waals surface area contributed by atoms with Gasteiger partial charge in [0.25, 0.3) is 17.7 Å². The molecule has 1 aliphatic rings. The molecule has 0 saturated carbocycles. The molecule has 2 heterocycles. The number of fused-ring (bicyclic) bond motifs is 2. The summed E-state index contributed by atoms with van der Waals surface area (Å²) in [5, 5.41) is 31.4. The highest BCUT2D eigenvalue weighted by atomic mass is 19.2. The first kappa shape index (κ1) is 30.8. The van der Waals surface area contributed by atoms with Crippen LogP contribution < -0.4 is 16.0 Å². The minimum atomic E-state index is -1.08. The number of halogens is 2. The van der Waals surface area contributed by atoms with Gasteiger partial charge in [-0.15, -0.1) is 0 Å². The van der Waals surface area contributed by atoms with Crippen molar-refractivity contribution in [2.24, 2.45) is 0 Å². The largest absolute Gasteiger partial charge is 0.508 e. The lowest BCUT2D eigenvalue weighted by molar-refractivity contribution is 0.0695. The van der Waals surface area contributed by atoms with E-state index >= 15 is 0 Å². The van der Waals surface area contributed by atoms with Gasteiger partial charge < -0.3 is 26.2 Å². The quantitative estimate of drug-likeness (QED) is 0.156. The Hall–Kier alpha value is -6.18. The van der Waals surface area contributed by atoms with Crippen LogP contribution in [0.1, 0.15) is 76.4 Å². The lowest BCUT2D eigenvalue weighted by Gasteiger charge is -2.16. The molecule has 5 aromatic rings. The minimum Gasteiger partial charge on any atom is -0.508 e. The molecule has 12 nitrogen and oxygen atoms in total. The predicted octanol–water partition coefficient (Wildman–Crippen LogP) is 4.32. The fraction of sp³-hybridized carbons (Fsp3) is 0.152. The molecule has 1 aliphatic carbocycles. The maximum atomic E-state index is 13.8. The van der Waals surface area contributed by atoms with Crippen LogP contribution in [0.5, 0.6) is 5.75 Å². The van der Waals surface area contributed by atoms with E-state index < -0.39 is 41.4 Å². The first-order valence-electron chi connectivity index (χ1n) is 14.4. The summed E-state index contributed by atoms with van der Waals surface area (Å²) in [5.74, 6) is -5.23. The molecule has 0 aliphatic heterocycles. The number of hydrogen-bond donors (Lipinski definition) is 5. The smallest absolute Gasteiger partial charge is 0.335 e. The number of nitrogens with one attached hydrogen (secondary N) is 3. The molecule has 0 radical (unpaired) electrons. The molecule has 2 aromatic heterocycles. The van der Waals surface area contributed by atoms with Crippen molar-refractivity contribution in [3.63, 3.8) is 0 Å². The van der Waals surface area contributed by atoms with Crippen molar-refractivity contribution in [2.45, 2.75) is 32.4 Å². The number of aromatic hydroxyl groups is 1. The Morgan fingerprint density at radius 2 is 1.70 bits per heavy atom. The summed E-state index contributed by atoms with van der Waals surface area (Å²) in [5.41, 5.74) is 2.48. The first-order chi connectivity index (χ1) is 22.5. The van der Waals surface area contributed by atoms with Crippen molar-refractivity contribution in [1.29, 1.82) is 0 Å². The lowest BCUT2D eigenvalue weighted by atomic mass is 9.98. The molecule has 0 bridgehead atoms. The predicted molar refractivity (Wildman–Crippen MR) is 163 cm³/mol. The zero-order valence-electron chi connectivity index (χ0n) is 24.7. The van der Waals surface area contributed by atoms with Gasteiger partial charge in [0, 0.05) is 18.3 Å². The van der Waals surface area contributed by atoms with E-state index in [4.69, 9.17) is 0 Å². The number of aromatic carboxylic acids is 1. The normalized spacial score (nSPS) is 13.6. The molecule has 1 atom stereocenters. The van der Waals surface area contributed by atoms with E-state index in [1.54, 1.807) is 13.0 Å². The van der Waals surface area contributed by atoms with Crippen molar-refractivity contribution in [3.8, 4) is 5.75 Å². The Kier molecular flexibility index (Phi) is 8.07. The summed E-state index contributed by atoms with van der Waals surface area (Å²) in [6, 6.07) is 12.8. The number of amides is 3. The van der Waals surface area contributed by atoms with E-state index in [-0.39, 0.29) is 46.0 Å². The maximum absolute atomic E-state index is 13.8. The number of carbonyl (C=O) groups excluding carboxylic acids is 3. The standard InChI is InChI=1S/C33H26F2N6O6/c1-16-20-9-11-26(22(20)8-7-21(16)33(46)47)40-32(45)28-13-27(31(44)36-14-17-2-10-24(34)25(35)12-17)39-29-23(15-37-41(28)29)30(43)38-18-3-5-19(42)6-4-18/h2-8,10,12-13,15,26,42H,9,11,14H2,1H3,(H,36,44)(H,38,43)(H,40,45)(H,46,47)/t26-/m0/s1. The second kappa shape index (κ2) is 12.3. The van der Waals surface area contributed by atoms with Gasteiger partial charge in [-0.2, -0.15) is 5.10 Å². The summed E-state index contributed by atoms with van der Waals surface area (Å²) in [4.78, 5) is 56.2. The molecule has 47 heavy (non-hydrogen) atoms. The zero-order chi connectivity index (χ0) is 33.4. The highest BCUT2D eigenvalue weighted by Gasteiger charge is 2.29. The van der Waals surface area contributed by atoms with E-state index in [1.165, 1.54) is 48.7 Å². The summed E-state index contributed by atoms with van der Waals surface area (Å²) in [6.07, 6.45) is 2.24. The van der Waals surface area contributed by atoms with Gasteiger partial charge in [-0.1, -0.05) is 12.1 Å². The fourth-order valence-corrected chi connectivity index (χ4v) is 5.56. The van der Waals surface area contributed by atoms with Gasteiger partial charge in [0.05, 0.1) is 17.8 Å². The molecule has 5 N–H and O–H groups in total. The van der Waals surface area contributed by atoms with Crippen LogP contribution in [-0.4, -0.2) is 48.5 Å². The van der Waals surface area contributed by atoms with Crippen LogP contribution in [0.4, 0.5) is 14.5 Å². The van der Waals surface area contributed by atoms with Crippen molar-refractivity contribution in [3.05, 3.63) is 123 Å². The van der Waals surface area contributed by atoms with E-state index in [2.05, 4.69) is 26.0 Å². The van der Waals surface area contributed by atoms with E-state index in [1.807, 2.05) is 0 Å². The van der Waals surface area contributed by atoms with E-state index in [9.17, 15) is 38.2 Å². The zero-order valence-corrected chi connectivity index (χ0v) is 24.7. The highest BCUT2D eigenvalue weighted by Crippen LogP contribution is 2.35. The Morgan fingerprint density at radius 1 is 0.936 bits per heavy atom. The number of carbonyl (C=O) groups is 4. The molecular weight excluding hydrogens is 614 g/mol. The fourth-order valence-electron chi connectivity index (χ4n) is 5.56. The molecule has 14 heteroatoms. The van der Waals surface area contributed by atoms with Crippen LogP contribution in [0.2, 0.25) is 0 Å². The molecule has 3 amide bonds. The summed E-state index contributed by atoms with van der Waals surface area (Å²) >= 11 is 0. The van der Waals surface area contributed by atoms with Gasteiger partial charge in [-0.05, 0) is 84.5 Å². The average Bonchev–Trinajstić information content (AvgIpc) is 3.67. The van der Waals surface area contributed by atoms with Crippen LogP contribution in [-0.2, 0) is 13.0 Å². The average molecular weight is 641 g/mol. The number of benzene rings is 3. The molecule has 0 unspecified atom stereocenters. The monoisotopic (exact) mass is 640 g/mol.